The summed E-state index contributed by atoms with van der Waals surface area (Å²) in [5.41, 5.74) is 0.372. The second-order valence-corrected chi connectivity index (χ2v) is 8.14. The maximum Gasteiger partial charge on any atom is 0.420 e. The molecule has 5 aromatic rings. The second kappa shape index (κ2) is 9.42. The molecule has 0 aliphatic heterocycles. The Kier molecular flexibility index (Phi) is 6.12. The van der Waals surface area contributed by atoms with Crippen molar-refractivity contribution in [2.75, 3.05) is 0 Å². The van der Waals surface area contributed by atoms with Crippen LogP contribution in [0.15, 0.2) is 91.3 Å². The fourth-order valence-electron chi connectivity index (χ4n) is 3.85. The van der Waals surface area contributed by atoms with Crippen molar-refractivity contribution in [3.05, 3.63) is 103 Å². The molecule has 5 rings (SSSR count). The summed E-state index contributed by atoms with van der Waals surface area (Å²) < 4.78 is 67.3. The highest BCUT2D eigenvalue weighted by Crippen LogP contribution is 2.41. The number of hydrogen-bond donors (Lipinski definition) is 0. The van der Waals surface area contributed by atoms with E-state index >= 15 is 0 Å². The number of ether oxygens (including phenoxy) is 2. The predicted octanol–water partition coefficient (Wildman–Crippen LogP) is 8.11. The van der Waals surface area contributed by atoms with Gasteiger partial charge in [-0.2, -0.15) is 13.2 Å². The predicted molar refractivity (Wildman–Crippen MR) is 129 cm³/mol. The Labute approximate surface area is 208 Å². The summed E-state index contributed by atoms with van der Waals surface area (Å²) in [5.74, 6) is -0.0594. The summed E-state index contributed by atoms with van der Waals surface area (Å²) in [5, 5.41) is 0.647. The smallest absolute Gasteiger partial charge is 0.420 e. The molecule has 0 N–H and O–H groups in total. The number of hydrogen-bond acceptors (Lipinski definition) is 4. The molecule has 0 aliphatic rings. The monoisotopic (exact) mass is 506 g/mol. The van der Waals surface area contributed by atoms with Gasteiger partial charge in [-0.1, -0.05) is 18.2 Å². The molecule has 9 heteroatoms. The lowest BCUT2D eigenvalue weighted by Crippen LogP contribution is -2.07. The molecule has 0 unspecified atom stereocenters. The average molecular weight is 506 g/mol. The lowest BCUT2D eigenvalue weighted by Gasteiger charge is -2.15. The zero-order valence-electron chi connectivity index (χ0n) is 19.3. The molecular formula is C28H18F4N2O3. The first kappa shape index (κ1) is 24.1. The molecule has 0 radical (unpaired) electrons. The van der Waals surface area contributed by atoms with Crippen LogP contribution in [0, 0.1) is 5.82 Å². The Balaban J connectivity index is 1.41. The third-order valence-corrected chi connectivity index (χ3v) is 5.63. The van der Waals surface area contributed by atoms with Crippen LogP contribution in [0.3, 0.4) is 0 Å². The van der Waals surface area contributed by atoms with Gasteiger partial charge in [-0.25, -0.2) is 9.37 Å². The van der Waals surface area contributed by atoms with Crippen LogP contribution >= 0.6 is 0 Å². The van der Waals surface area contributed by atoms with Crippen LogP contribution in [0.1, 0.15) is 17.3 Å². The second-order valence-electron chi connectivity index (χ2n) is 8.14. The van der Waals surface area contributed by atoms with E-state index in [1.807, 2.05) is 0 Å². The summed E-state index contributed by atoms with van der Waals surface area (Å²) in [4.78, 5) is 16.0. The first-order chi connectivity index (χ1) is 17.7. The van der Waals surface area contributed by atoms with Crippen LogP contribution in [0.4, 0.5) is 17.6 Å². The number of fused-ring (bicyclic) bond motifs is 1. The molecule has 0 saturated heterocycles. The maximum absolute atomic E-state index is 13.8. The van der Waals surface area contributed by atoms with E-state index < -0.39 is 17.6 Å². The van der Waals surface area contributed by atoms with Crippen LogP contribution < -0.4 is 9.47 Å². The normalized spacial score (nSPS) is 11.5. The fraction of sp³-hybridized carbons (Fsp3) is 0.0714. The van der Waals surface area contributed by atoms with E-state index in [1.54, 1.807) is 42.6 Å². The molecule has 3 aromatic carbocycles. The Morgan fingerprint density at radius 3 is 2.08 bits per heavy atom. The van der Waals surface area contributed by atoms with Gasteiger partial charge in [-0.15, -0.1) is 0 Å². The highest BCUT2D eigenvalue weighted by Gasteiger charge is 2.35. The number of carbonyl (C=O) groups excluding carboxylic acids is 1. The third kappa shape index (κ3) is 5.02. The highest BCUT2D eigenvalue weighted by atomic mass is 19.4. The van der Waals surface area contributed by atoms with Gasteiger partial charge in [-0.05, 0) is 71.8 Å². The minimum Gasteiger partial charge on any atom is -0.457 e. The standard InChI is InChI=1S/C28H18F4N2O3/c1-17(35)34-15-13-23-25(12-14-33-27(23)34)36-21-7-2-18(3-8-21)19-4-11-26(24(16-19)28(30,31)32)37-22-9-5-20(29)6-10-22/h2-16H,1H3. The number of benzene rings is 3. The molecule has 0 bridgehead atoms. The topological polar surface area (TPSA) is 53.4 Å². The zero-order chi connectivity index (χ0) is 26.2. The van der Waals surface area contributed by atoms with E-state index in [-0.39, 0.29) is 17.4 Å². The van der Waals surface area contributed by atoms with E-state index in [0.29, 0.717) is 33.7 Å². The van der Waals surface area contributed by atoms with Gasteiger partial charge in [0.2, 0.25) is 5.91 Å². The van der Waals surface area contributed by atoms with E-state index in [2.05, 4.69) is 4.98 Å². The number of alkyl halides is 3. The van der Waals surface area contributed by atoms with Crippen LogP contribution in [-0.2, 0) is 6.18 Å². The van der Waals surface area contributed by atoms with E-state index in [0.717, 1.165) is 18.2 Å². The molecule has 2 heterocycles. The van der Waals surface area contributed by atoms with Crippen molar-refractivity contribution in [1.29, 1.82) is 0 Å². The third-order valence-electron chi connectivity index (χ3n) is 5.63. The van der Waals surface area contributed by atoms with E-state index in [1.165, 1.54) is 42.0 Å². The average Bonchev–Trinajstić information content (AvgIpc) is 3.31. The number of carbonyl (C=O) groups is 1. The molecule has 0 amide bonds. The SMILES string of the molecule is CC(=O)n1ccc2c(Oc3ccc(-c4ccc(Oc5ccc(F)cc5)c(C(F)(F)F)c4)cc3)ccnc21. The zero-order valence-corrected chi connectivity index (χ0v) is 19.3. The largest absolute Gasteiger partial charge is 0.457 e. The molecule has 0 spiro atoms. The minimum absolute atomic E-state index is 0.0880. The van der Waals surface area contributed by atoms with Gasteiger partial charge in [0.1, 0.15) is 34.5 Å². The number of pyridine rings is 1. The van der Waals surface area contributed by atoms with Crippen molar-refractivity contribution < 1.29 is 31.8 Å². The Bertz CT molecular complexity index is 1590. The summed E-state index contributed by atoms with van der Waals surface area (Å²) in [6.45, 7) is 1.43. The van der Waals surface area contributed by atoms with Crippen molar-refractivity contribution in [2.24, 2.45) is 0 Å². The number of halogens is 4. The van der Waals surface area contributed by atoms with E-state index in [9.17, 15) is 22.4 Å². The molecule has 0 aliphatic carbocycles. The molecular weight excluding hydrogens is 488 g/mol. The van der Waals surface area contributed by atoms with Gasteiger partial charge < -0.3 is 9.47 Å². The van der Waals surface area contributed by atoms with Crippen molar-refractivity contribution in [3.63, 3.8) is 0 Å². The van der Waals surface area contributed by atoms with Crippen molar-refractivity contribution in [3.8, 4) is 34.1 Å². The quantitative estimate of drug-likeness (QED) is 0.226. The summed E-state index contributed by atoms with van der Waals surface area (Å²) in [7, 11) is 0. The molecule has 5 nitrogen and oxygen atoms in total. The maximum atomic E-state index is 13.8. The first-order valence-corrected chi connectivity index (χ1v) is 11.1. The van der Waals surface area contributed by atoms with Crippen molar-refractivity contribution >= 4 is 16.9 Å². The lowest BCUT2D eigenvalue weighted by atomic mass is 10.0. The molecule has 0 saturated carbocycles. The van der Waals surface area contributed by atoms with Crippen molar-refractivity contribution in [1.82, 2.24) is 9.55 Å². The van der Waals surface area contributed by atoms with Crippen LogP contribution in [0.5, 0.6) is 23.0 Å². The number of nitrogens with zero attached hydrogens (tertiary/aromatic N) is 2. The Morgan fingerprint density at radius 2 is 1.43 bits per heavy atom. The lowest BCUT2D eigenvalue weighted by molar-refractivity contribution is -0.138. The summed E-state index contributed by atoms with van der Waals surface area (Å²) in [6.07, 6.45) is -1.53. The first-order valence-electron chi connectivity index (χ1n) is 11.1. The van der Waals surface area contributed by atoms with Crippen molar-refractivity contribution in [2.45, 2.75) is 13.1 Å². The van der Waals surface area contributed by atoms with Gasteiger partial charge in [0.05, 0.1) is 10.9 Å². The molecule has 37 heavy (non-hydrogen) atoms. The van der Waals surface area contributed by atoms with Crippen LogP contribution in [0.25, 0.3) is 22.2 Å². The van der Waals surface area contributed by atoms with E-state index in [4.69, 9.17) is 9.47 Å². The number of rotatable bonds is 5. The fourth-order valence-corrected chi connectivity index (χ4v) is 3.85. The summed E-state index contributed by atoms with van der Waals surface area (Å²) in [6, 6.07) is 18.4. The minimum atomic E-state index is -4.67. The van der Waals surface area contributed by atoms with Gasteiger partial charge in [0, 0.05) is 19.3 Å². The van der Waals surface area contributed by atoms with Crippen LogP contribution in [0.2, 0.25) is 0 Å². The molecule has 0 fully saturated rings. The molecule has 0 atom stereocenters. The van der Waals surface area contributed by atoms with Gasteiger partial charge in [-0.3, -0.25) is 9.36 Å². The van der Waals surface area contributed by atoms with Gasteiger partial charge in [0.15, 0.2) is 0 Å². The Morgan fingerprint density at radius 1 is 0.811 bits per heavy atom. The highest BCUT2D eigenvalue weighted by molar-refractivity contribution is 5.92. The van der Waals surface area contributed by atoms with Gasteiger partial charge in [0.25, 0.3) is 0 Å². The Hall–Kier alpha value is -4.66. The summed E-state index contributed by atoms with van der Waals surface area (Å²) >= 11 is 0. The van der Waals surface area contributed by atoms with Crippen LogP contribution in [-0.4, -0.2) is 15.5 Å². The molecule has 2 aromatic heterocycles. The molecule has 186 valence electrons. The number of aromatic nitrogens is 2. The van der Waals surface area contributed by atoms with Gasteiger partial charge >= 0.3 is 6.18 Å².